The number of benzene rings is 1. The topological polar surface area (TPSA) is 35.5 Å². The van der Waals surface area contributed by atoms with E-state index in [2.05, 4.69) is 10.2 Å². The first-order chi connectivity index (χ1) is 8.72. The molecule has 0 amide bonds. The molecule has 0 aliphatic carbocycles. The quantitative estimate of drug-likeness (QED) is 0.816. The fourth-order valence-corrected chi connectivity index (χ4v) is 3.14. The van der Waals surface area contributed by atoms with Gasteiger partial charge in [-0.3, -0.25) is 4.90 Å². The Kier molecular flexibility index (Phi) is 3.33. The van der Waals surface area contributed by atoms with Gasteiger partial charge in [-0.25, -0.2) is 4.39 Å². The summed E-state index contributed by atoms with van der Waals surface area (Å²) >= 11 is 0. The van der Waals surface area contributed by atoms with Crippen LogP contribution in [-0.2, 0) is 6.54 Å². The molecule has 2 bridgehead atoms. The Morgan fingerprint density at radius 2 is 1.78 bits per heavy atom. The van der Waals surface area contributed by atoms with Crippen LogP contribution in [0.25, 0.3) is 0 Å². The van der Waals surface area contributed by atoms with E-state index in [1.165, 1.54) is 12.1 Å². The van der Waals surface area contributed by atoms with Crippen LogP contribution < -0.4 is 5.32 Å². The lowest BCUT2D eigenvalue weighted by molar-refractivity contribution is -0.0423. The second-order valence-corrected chi connectivity index (χ2v) is 5.49. The van der Waals surface area contributed by atoms with E-state index in [0.29, 0.717) is 11.8 Å². The summed E-state index contributed by atoms with van der Waals surface area (Å²) in [5.74, 6) is 0.477. The number of nitrogens with one attached hydrogen (secondary N) is 1. The number of hydrogen-bond acceptors (Lipinski definition) is 3. The third kappa shape index (κ3) is 2.41. The highest BCUT2D eigenvalue weighted by molar-refractivity contribution is 5.16. The van der Waals surface area contributed by atoms with Crippen LogP contribution in [0.4, 0.5) is 4.39 Å². The molecule has 98 valence electrons. The van der Waals surface area contributed by atoms with E-state index in [1.54, 1.807) is 0 Å². The molecule has 1 aromatic rings. The van der Waals surface area contributed by atoms with Gasteiger partial charge in [0.25, 0.3) is 0 Å². The molecule has 0 saturated carbocycles. The average molecular weight is 250 g/mol. The summed E-state index contributed by atoms with van der Waals surface area (Å²) in [5, 5.41) is 13.5. The Balaban J connectivity index is 1.66. The van der Waals surface area contributed by atoms with Crippen molar-refractivity contribution in [3.05, 3.63) is 35.6 Å². The zero-order chi connectivity index (χ0) is 12.5. The van der Waals surface area contributed by atoms with Crippen molar-refractivity contribution in [2.75, 3.05) is 26.2 Å². The highest BCUT2D eigenvalue weighted by atomic mass is 19.1. The maximum atomic E-state index is 12.8. The first-order valence-electron chi connectivity index (χ1n) is 6.58. The largest absolute Gasteiger partial charge is 0.392 e. The van der Waals surface area contributed by atoms with E-state index in [-0.39, 0.29) is 11.9 Å². The Hall–Kier alpha value is -0.970. The van der Waals surface area contributed by atoms with Crippen LogP contribution in [0, 0.1) is 17.7 Å². The molecule has 0 aromatic heterocycles. The normalized spacial score (nSPS) is 32.4. The molecule has 2 atom stereocenters. The number of aliphatic hydroxyl groups is 1. The lowest BCUT2D eigenvalue weighted by atomic mass is 9.82. The van der Waals surface area contributed by atoms with Gasteiger partial charge in [0.15, 0.2) is 0 Å². The van der Waals surface area contributed by atoms with Crippen molar-refractivity contribution < 1.29 is 9.50 Å². The predicted octanol–water partition coefficient (Wildman–Crippen LogP) is 0.838. The number of fused-ring (bicyclic) bond motifs is 2. The third-order valence-corrected chi connectivity index (χ3v) is 4.08. The molecule has 2 saturated heterocycles. The molecular formula is C14H19FN2O. The number of halogens is 1. The van der Waals surface area contributed by atoms with Gasteiger partial charge in [-0.05, 0) is 17.7 Å². The molecule has 2 fully saturated rings. The van der Waals surface area contributed by atoms with Crippen molar-refractivity contribution in [3.63, 3.8) is 0 Å². The van der Waals surface area contributed by atoms with Crippen molar-refractivity contribution in [1.29, 1.82) is 0 Å². The van der Waals surface area contributed by atoms with E-state index in [9.17, 15) is 9.50 Å². The third-order valence-electron chi connectivity index (χ3n) is 4.08. The standard InChI is InChI=1S/C14H19FN2O/c15-13-3-1-10(2-4-13)7-17-8-11-5-16-6-12(9-17)14(11)18/h1-4,11-12,14,16,18H,5-9H2. The van der Waals surface area contributed by atoms with Crippen LogP contribution in [0.2, 0.25) is 0 Å². The van der Waals surface area contributed by atoms with E-state index in [0.717, 1.165) is 38.3 Å². The minimum absolute atomic E-state index is 0.157. The van der Waals surface area contributed by atoms with E-state index < -0.39 is 0 Å². The monoisotopic (exact) mass is 250 g/mol. The van der Waals surface area contributed by atoms with Crippen LogP contribution >= 0.6 is 0 Å². The molecule has 4 heteroatoms. The Labute approximate surface area is 107 Å². The first kappa shape index (κ1) is 12.1. The van der Waals surface area contributed by atoms with Gasteiger partial charge in [0.1, 0.15) is 5.82 Å². The second-order valence-electron chi connectivity index (χ2n) is 5.49. The molecule has 18 heavy (non-hydrogen) atoms. The van der Waals surface area contributed by atoms with Gasteiger partial charge in [0.2, 0.25) is 0 Å². The predicted molar refractivity (Wildman–Crippen MR) is 67.5 cm³/mol. The van der Waals surface area contributed by atoms with Crippen molar-refractivity contribution in [3.8, 4) is 0 Å². The van der Waals surface area contributed by atoms with Crippen LogP contribution in [-0.4, -0.2) is 42.3 Å². The smallest absolute Gasteiger partial charge is 0.123 e. The summed E-state index contributed by atoms with van der Waals surface area (Å²) in [4.78, 5) is 2.37. The first-order valence-corrected chi connectivity index (χ1v) is 6.58. The van der Waals surface area contributed by atoms with Crippen LogP contribution in [0.15, 0.2) is 24.3 Å². The van der Waals surface area contributed by atoms with Crippen LogP contribution in [0.1, 0.15) is 5.56 Å². The van der Waals surface area contributed by atoms with Crippen LogP contribution in [0.3, 0.4) is 0 Å². The molecule has 2 unspecified atom stereocenters. The lowest BCUT2D eigenvalue weighted by Crippen LogP contribution is -2.58. The van der Waals surface area contributed by atoms with Gasteiger partial charge in [0, 0.05) is 44.6 Å². The number of likely N-dealkylation sites (tertiary alicyclic amines) is 1. The molecule has 2 aliphatic rings. The van der Waals surface area contributed by atoms with Crippen molar-refractivity contribution in [1.82, 2.24) is 10.2 Å². The average Bonchev–Trinajstić information content (AvgIpc) is 2.33. The summed E-state index contributed by atoms with van der Waals surface area (Å²) in [7, 11) is 0. The number of piperidine rings is 2. The highest BCUT2D eigenvalue weighted by Crippen LogP contribution is 2.26. The highest BCUT2D eigenvalue weighted by Gasteiger charge is 2.38. The SMILES string of the molecule is OC1C2CNCC1CN(Cc1ccc(F)cc1)C2. The molecular weight excluding hydrogens is 231 g/mol. The summed E-state index contributed by atoms with van der Waals surface area (Å²) in [6, 6.07) is 6.70. The minimum Gasteiger partial charge on any atom is -0.392 e. The second kappa shape index (κ2) is 4.96. The van der Waals surface area contributed by atoms with Gasteiger partial charge in [-0.1, -0.05) is 12.1 Å². The molecule has 1 aromatic carbocycles. The fraction of sp³-hybridized carbons (Fsp3) is 0.571. The summed E-state index contributed by atoms with van der Waals surface area (Å²) in [5.41, 5.74) is 1.14. The maximum absolute atomic E-state index is 12.8. The number of hydrogen-bond donors (Lipinski definition) is 2. The van der Waals surface area contributed by atoms with E-state index in [4.69, 9.17) is 0 Å². The van der Waals surface area contributed by atoms with Gasteiger partial charge < -0.3 is 10.4 Å². The summed E-state index contributed by atoms with van der Waals surface area (Å²) in [6.45, 7) is 4.49. The zero-order valence-corrected chi connectivity index (χ0v) is 10.3. The van der Waals surface area contributed by atoms with Gasteiger partial charge in [-0.2, -0.15) is 0 Å². The molecule has 2 aliphatic heterocycles. The maximum Gasteiger partial charge on any atom is 0.123 e. The molecule has 3 rings (SSSR count). The Bertz CT molecular complexity index is 395. The molecule has 3 nitrogen and oxygen atoms in total. The minimum atomic E-state index is -0.186. The number of aliphatic hydroxyl groups excluding tert-OH is 1. The van der Waals surface area contributed by atoms with Crippen molar-refractivity contribution in [2.45, 2.75) is 12.6 Å². The molecule has 0 spiro atoms. The number of nitrogens with zero attached hydrogens (tertiary/aromatic N) is 1. The van der Waals surface area contributed by atoms with Gasteiger partial charge in [0.05, 0.1) is 6.10 Å². The van der Waals surface area contributed by atoms with E-state index in [1.807, 2.05) is 12.1 Å². The van der Waals surface area contributed by atoms with Crippen molar-refractivity contribution in [2.24, 2.45) is 11.8 Å². The molecule has 0 radical (unpaired) electrons. The van der Waals surface area contributed by atoms with E-state index >= 15 is 0 Å². The summed E-state index contributed by atoms with van der Waals surface area (Å²) < 4.78 is 12.8. The van der Waals surface area contributed by atoms with Crippen molar-refractivity contribution >= 4 is 0 Å². The lowest BCUT2D eigenvalue weighted by Gasteiger charge is -2.45. The summed E-state index contributed by atoms with van der Waals surface area (Å²) in [6.07, 6.45) is -0.157. The number of rotatable bonds is 2. The molecule has 2 N–H and O–H groups in total. The molecule has 2 heterocycles. The van der Waals surface area contributed by atoms with Gasteiger partial charge in [-0.15, -0.1) is 0 Å². The zero-order valence-electron chi connectivity index (χ0n) is 10.3. The Morgan fingerprint density at radius 1 is 1.17 bits per heavy atom. The Morgan fingerprint density at radius 3 is 2.39 bits per heavy atom. The fourth-order valence-electron chi connectivity index (χ4n) is 3.14. The van der Waals surface area contributed by atoms with Crippen LogP contribution in [0.5, 0.6) is 0 Å². The van der Waals surface area contributed by atoms with Gasteiger partial charge >= 0.3 is 0 Å².